The van der Waals surface area contributed by atoms with Crippen molar-refractivity contribution in [1.29, 1.82) is 0 Å². The smallest absolute Gasteiger partial charge is 0.231 e. The number of rotatable bonds is 3. The highest BCUT2D eigenvalue weighted by Crippen LogP contribution is 2.27. The van der Waals surface area contributed by atoms with Crippen molar-refractivity contribution in [2.45, 2.75) is 26.3 Å². The third-order valence-electron chi connectivity index (χ3n) is 4.90. The number of fused-ring (bicyclic) bond motifs is 1. The molecule has 1 N–H and O–H groups in total. The molecule has 0 aliphatic carbocycles. The van der Waals surface area contributed by atoms with E-state index in [4.69, 9.17) is 8.94 Å². The zero-order valence-electron chi connectivity index (χ0n) is 14.3. The minimum absolute atomic E-state index is 0.169. The first kappa shape index (κ1) is 15.4. The molecule has 0 spiro atoms. The molecule has 0 bridgehead atoms. The van der Waals surface area contributed by atoms with Crippen molar-refractivity contribution in [3.05, 3.63) is 46.8 Å². The normalized spacial score (nSPS) is 19.2. The van der Waals surface area contributed by atoms with Gasteiger partial charge in [0.2, 0.25) is 5.89 Å². The zero-order valence-corrected chi connectivity index (χ0v) is 14.3. The highest BCUT2D eigenvalue weighted by Gasteiger charge is 2.25. The predicted octanol–water partition coefficient (Wildman–Crippen LogP) is 2.60. The van der Waals surface area contributed by atoms with Crippen molar-refractivity contribution in [2.75, 3.05) is 26.7 Å². The molecule has 4 rings (SSSR count). The second-order valence-electron chi connectivity index (χ2n) is 6.62. The van der Waals surface area contributed by atoms with E-state index in [9.17, 15) is 0 Å². The lowest BCUT2D eigenvalue weighted by Crippen LogP contribution is -2.44. The quantitative estimate of drug-likeness (QED) is 0.798. The zero-order chi connectivity index (χ0) is 16.7. The molecule has 3 heterocycles. The standard InChI is InChI=1S/C18H22N4O2/c1-11-6-14-13(10-23-16(14)7-12(11)2)8-17-20-18(21-24-17)15-9-19-4-5-22(15)3/h6-7,10,15,19H,4-5,8-9H2,1-3H3. The average molecular weight is 326 g/mol. The molecule has 1 aromatic carbocycles. The Bertz CT molecular complexity index is 867. The van der Waals surface area contributed by atoms with Crippen molar-refractivity contribution in [2.24, 2.45) is 0 Å². The van der Waals surface area contributed by atoms with Crippen LogP contribution in [0, 0.1) is 13.8 Å². The summed E-state index contributed by atoms with van der Waals surface area (Å²) < 4.78 is 11.2. The summed E-state index contributed by atoms with van der Waals surface area (Å²) in [5, 5.41) is 8.68. The summed E-state index contributed by atoms with van der Waals surface area (Å²) in [6.07, 6.45) is 2.38. The van der Waals surface area contributed by atoms with Gasteiger partial charge in [0.15, 0.2) is 5.82 Å². The van der Waals surface area contributed by atoms with Crippen molar-refractivity contribution >= 4 is 11.0 Å². The van der Waals surface area contributed by atoms with Crippen LogP contribution in [0.4, 0.5) is 0 Å². The second-order valence-corrected chi connectivity index (χ2v) is 6.62. The molecular formula is C18H22N4O2. The molecule has 2 aromatic heterocycles. The molecule has 6 heteroatoms. The number of nitrogens with zero attached hydrogens (tertiary/aromatic N) is 3. The summed E-state index contributed by atoms with van der Waals surface area (Å²) in [5.41, 5.74) is 4.48. The largest absolute Gasteiger partial charge is 0.464 e. The molecule has 1 atom stereocenters. The van der Waals surface area contributed by atoms with E-state index in [1.54, 1.807) is 6.26 Å². The van der Waals surface area contributed by atoms with Crippen molar-refractivity contribution in [3.63, 3.8) is 0 Å². The van der Waals surface area contributed by atoms with Crippen LogP contribution in [0.5, 0.6) is 0 Å². The Labute approximate surface area is 140 Å². The Balaban J connectivity index is 1.59. The lowest BCUT2D eigenvalue weighted by Gasteiger charge is -2.30. The lowest BCUT2D eigenvalue weighted by atomic mass is 10.0. The van der Waals surface area contributed by atoms with Crippen LogP contribution in [-0.4, -0.2) is 41.7 Å². The highest BCUT2D eigenvalue weighted by molar-refractivity contribution is 5.82. The van der Waals surface area contributed by atoms with E-state index in [0.717, 1.165) is 42.0 Å². The molecule has 1 saturated heterocycles. The van der Waals surface area contributed by atoms with Crippen LogP contribution < -0.4 is 5.32 Å². The first-order valence-corrected chi connectivity index (χ1v) is 8.32. The first-order valence-electron chi connectivity index (χ1n) is 8.32. The van der Waals surface area contributed by atoms with E-state index < -0.39 is 0 Å². The van der Waals surface area contributed by atoms with Gasteiger partial charge in [-0.2, -0.15) is 4.98 Å². The Kier molecular flexibility index (Phi) is 3.86. The summed E-state index contributed by atoms with van der Waals surface area (Å²) >= 11 is 0. The van der Waals surface area contributed by atoms with Gasteiger partial charge in [-0.1, -0.05) is 5.16 Å². The minimum atomic E-state index is 0.169. The van der Waals surface area contributed by atoms with Crippen molar-refractivity contribution in [3.8, 4) is 0 Å². The third kappa shape index (κ3) is 2.72. The molecule has 1 aliphatic rings. The molecule has 0 amide bonds. The number of nitrogens with one attached hydrogen (secondary N) is 1. The Hall–Kier alpha value is -2.18. The molecule has 126 valence electrons. The summed E-state index contributed by atoms with van der Waals surface area (Å²) in [4.78, 5) is 6.86. The summed E-state index contributed by atoms with van der Waals surface area (Å²) in [6.45, 7) is 7.04. The second kappa shape index (κ2) is 6.03. The molecule has 0 saturated carbocycles. The Morgan fingerprint density at radius 3 is 2.96 bits per heavy atom. The van der Waals surface area contributed by atoms with Gasteiger partial charge >= 0.3 is 0 Å². The fraction of sp³-hybridized carbons (Fsp3) is 0.444. The number of aromatic nitrogens is 2. The van der Waals surface area contributed by atoms with Crippen LogP contribution in [0.3, 0.4) is 0 Å². The molecule has 3 aromatic rings. The number of aryl methyl sites for hydroxylation is 2. The number of piperazine rings is 1. The van der Waals surface area contributed by atoms with Gasteiger partial charge in [0.05, 0.1) is 18.7 Å². The van der Waals surface area contributed by atoms with Gasteiger partial charge in [-0.25, -0.2) is 0 Å². The van der Waals surface area contributed by atoms with E-state index in [-0.39, 0.29) is 6.04 Å². The fourth-order valence-electron chi connectivity index (χ4n) is 3.21. The SMILES string of the molecule is Cc1cc2occ(Cc3nc(C4CNCCN4C)no3)c2cc1C. The topological polar surface area (TPSA) is 67.3 Å². The predicted molar refractivity (Wildman–Crippen MR) is 91.0 cm³/mol. The third-order valence-corrected chi connectivity index (χ3v) is 4.90. The van der Waals surface area contributed by atoms with Gasteiger partial charge in [0.25, 0.3) is 0 Å². The minimum Gasteiger partial charge on any atom is -0.464 e. The maximum Gasteiger partial charge on any atom is 0.231 e. The van der Waals surface area contributed by atoms with E-state index in [2.05, 4.69) is 53.4 Å². The monoisotopic (exact) mass is 326 g/mol. The van der Waals surface area contributed by atoms with Gasteiger partial charge < -0.3 is 14.3 Å². The summed E-state index contributed by atoms with van der Waals surface area (Å²) in [6, 6.07) is 4.41. The average Bonchev–Trinajstić information content (AvgIpc) is 3.17. The van der Waals surface area contributed by atoms with E-state index in [1.165, 1.54) is 11.1 Å². The van der Waals surface area contributed by atoms with Gasteiger partial charge in [-0.05, 0) is 44.2 Å². The summed E-state index contributed by atoms with van der Waals surface area (Å²) in [5.74, 6) is 1.38. The molecule has 1 unspecified atom stereocenters. The lowest BCUT2D eigenvalue weighted by molar-refractivity contribution is 0.190. The highest BCUT2D eigenvalue weighted by atomic mass is 16.5. The van der Waals surface area contributed by atoms with Crippen molar-refractivity contribution < 1.29 is 8.94 Å². The maximum atomic E-state index is 5.69. The first-order chi connectivity index (χ1) is 11.6. The number of furan rings is 1. The maximum absolute atomic E-state index is 5.69. The molecule has 1 fully saturated rings. The van der Waals surface area contributed by atoms with Crippen LogP contribution in [0.1, 0.15) is 34.4 Å². The number of benzene rings is 1. The van der Waals surface area contributed by atoms with Gasteiger partial charge in [0.1, 0.15) is 5.58 Å². The van der Waals surface area contributed by atoms with E-state index in [0.29, 0.717) is 12.3 Å². The molecule has 24 heavy (non-hydrogen) atoms. The Morgan fingerprint density at radius 1 is 1.29 bits per heavy atom. The summed E-state index contributed by atoms with van der Waals surface area (Å²) in [7, 11) is 2.09. The molecule has 6 nitrogen and oxygen atoms in total. The number of likely N-dealkylation sites (N-methyl/N-ethyl adjacent to an activating group) is 1. The fourth-order valence-corrected chi connectivity index (χ4v) is 3.21. The van der Waals surface area contributed by atoms with Crippen LogP contribution in [-0.2, 0) is 6.42 Å². The van der Waals surface area contributed by atoms with Crippen LogP contribution in [0.15, 0.2) is 27.3 Å². The molecular weight excluding hydrogens is 304 g/mol. The van der Waals surface area contributed by atoms with E-state index >= 15 is 0 Å². The van der Waals surface area contributed by atoms with Gasteiger partial charge in [0, 0.05) is 30.6 Å². The van der Waals surface area contributed by atoms with Crippen LogP contribution in [0.25, 0.3) is 11.0 Å². The van der Waals surface area contributed by atoms with E-state index in [1.807, 2.05) is 0 Å². The number of hydrogen-bond donors (Lipinski definition) is 1. The van der Waals surface area contributed by atoms with Crippen molar-refractivity contribution in [1.82, 2.24) is 20.4 Å². The molecule has 0 radical (unpaired) electrons. The molecule has 1 aliphatic heterocycles. The number of hydrogen-bond acceptors (Lipinski definition) is 6. The Morgan fingerprint density at radius 2 is 2.12 bits per heavy atom. The van der Waals surface area contributed by atoms with Gasteiger partial charge in [-0.3, -0.25) is 4.90 Å². The van der Waals surface area contributed by atoms with Crippen LogP contribution >= 0.6 is 0 Å². The van der Waals surface area contributed by atoms with Crippen LogP contribution in [0.2, 0.25) is 0 Å². The van der Waals surface area contributed by atoms with Gasteiger partial charge in [-0.15, -0.1) is 0 Å².